The SMILES string of the molecule is Cc1cc([N+](=O)[O-])ccc1OCCC1CCCC1=O. The van der Waals surface area contributed by atoms with Crippen molar-refractivity contribution in [2.75, 3.05) is 6.61 Å². The second-order valence-electron chi connectivity index (χ2n) is 4.90. The third-order valence-electron chi connectivity index (χ3n) is 3.52. The molecule has 0 saturated heterocycles. The van der Waals surface area contributed by atoms with E-state index in [1.165, 1.54) is 12.1 Å². The van der Waals surface area contributed by atoms with E-state index in [4.69, 9.17) is 4.74 Å². The van der Waals surface area contributed by atoms with Crippen LogP contribution in [0.4, 0.5) is 5.69 Å². The minimum absolute atomic E-state index is 0.0656. The van der Waals surface area contributed by atoms with Crippen LogP contribution in [0.15, 0.2) is 18.2 Å². The Kier molecular flexibility index (Phi) is 4.14. The van der Waals surface area contributed by atoms with Crippen molar-refractivity contribution in [3.63, 3.8) is 0 Å². The maximum atomic E-state index is 11.5. The van der Waals surface area contributed by atoms with Crippen LogP contribution in [0.25, 0.3) is 0 Å². The lowest BCUT2D eigenvalue weighted by molar-refractivity contribution is -0.384. The fourth-order valence-electron chi connectivity index (χ4n) is 2.41. The number of carbonyl (C=O) groups excluding carboxylic acids is 1. The molecule has 0 amide bonds. The molecule has 5 heteroatoms. The van der Waals surface area contributed by atoms with Gasteiger partial charge in [-0.2, -0.15) is 0 Å². The standard InChI is InChI=1S/C14H17NO4/c1-10-9-12(15(17)18)5-6-14(10)19-8-7-11-3-2-4-13(11)16/h5-6,9,11H,2-4,7-8H2,1H3. The van der Waals surface area contributed by atoms with Gasteiger partial charge >= 0.3 is 0 Å². The predicted octanol–water partition coefficient (Wildman–Crippen LogP) is 3.04. The topological polar surface area (TPSA) is 69.4 Å². The maximum absolute atomic E-state index is 11.5. The van der Waals surface area contributed by atoms with Crippen LogP contribution < -0.4 is 4.74 Å². The van der Waals surface area contributed by atoms with Gasteiger partial charge in [-0.1, -0.05) is 0 Å². The molecular weight excluding hydrogens is 246 g/mol. The molecule has 1 unspecified atom stereocenters. The molecule has 1 aliphatic carbocycles. The molecule has 5 nitrogen and oxygen atoms in total. The predicted molar refractivity (Wildman–Crippen MR) is 70.3 cm³/mol. The fraction of sp³-hybridized carbons (Fsp3) is 0.500. The van der Waals surface area contributed by atoms with E-state index in [0.717, 1.165) is 24.8 Å². The number of hydrogen-bond donors (Lipinski definition) is 0. The summed E-state index contributed by atoms with van der Waals surface area (Å²) in [5.41, 5.74) is 0.808. The Morgan fingerprint density at radius 2 is 2.26 bits per heavy atom. The Labute approximate surface area is 111 Å². The van der Waals surface area contributed by atoms with Crippen LogP contribution in [0.2, 0.25) is 0 Å². The summed E-state index contributed by atoms with van der Waals surface area (Å²) in [6.45, 7) is 2.26. The minimum Gasteiger partial charge on any atom is -0.493 e. The molecule has 1 aromatic carbocycles. The van der Waals surface area contributed by atoms with E-state index in [-0.39, 0.29) is 11.6 Å². The van der Waals surface area contributed by atoms with Crippen molar-refractivity contribution < 1.29 is 14.5 Å². The number of non-ortho nitro benzene ring substituents is 1. The molecule has 0 N–H and O–H groups in total. The summed E-state index contributed by atoms with van der Waals surface area (Å²) in [5.74, 6) is 1.12. The lowest BCUT2D eigenvalue weighted by atomic mass is 10.0. The first kappa shape index (κ1) is 13.5. The van der Waals surface area contributed by atoms with Gasteiger partial charge in [-0.3, -0.25) is 14.9 Å². The Bertz CT molecular complexity index is 498. The highest BCUT2D eigenvalue weighted by Crippen LogP contribution is 2.26. The van der Waals surface area contributed by atoms with Gasteiger partial charge in [0.2, 0.25) is 0 Å². The zero-order valence-corrected chi connectivity index (χ0v) is 10.9. The van der Waals surface area contributed by atoms with Gasteiger partial charge in [0.05, 0.1) is 11.5 Å². The summed E-state index contributed by atoms with van der Waals surface area (Å²) in [4.78, 5) is 21.7. The fourth-order valence-corrected chi connectivity index (χ4v) is 2.41. The summed E-state index contributed by atoms with van der Waals surface area (Å²) in [7, 11) is 0. The van der Waals surface area contributed by atoms with Crippen LogP contribution in [0.5, 0.6) is 5.75 Å². The number of Topliss-reactive ketones (excluding diaryl/α,β-unsaturated/α-hetero) is 1. The zero-order chi connectivity index (χ0) is 13.8. The molecule has 1 fully saturated rings. The first-order valence-electron chi connectivity index (χ1n) is 6.48. The number of nitro benzene ring substituents is 1. The van der Waals surface area contributed by atoms with Crippen molar-refractivity contribution in [3.05, 3.63) is 33.9 Å². The molecule has 0 bridgehead atoms. The van der Waals surface area contributed by atoms with E-state index in [1.54, 1.807) is 13.0 Å². The Hall–Kier alpha value is -1.91. The first-order valence-corrected chi connectivity index (χ1v) is 6.48. The third kappa shape index (κ3) is 3.30. The quantitative estimate of drug-likeness (QED) is 0.604. The van der Waals surface area contributed by atoms with E-state index in [9.17, 15) is 14.9 Å². The van der Waals surface area contributed by atoms with Crippen molar-refractivity contribution in [3.8, 4) is 5.75 Å². The van der Waals surface area contributed by atoms with Crippen LogP contribution in [-0.2, 0) is 4.79 Å². The Morgan fingerprint density at radius 3 is 2.84 bits per heavy atom. The van der Waals surface area contributed by atoms with Gasteiger partial charge in [0.25, 0.3) is 5.69 Å². The lowest BCUT2D eigenvalue weighted by Gasteiger charge is -2.11. The number of hydrogen-bond acceptors (Lipinski definition) is 4. The molecule has 0 spiro atoms. The van der Waals surface area contributed by atoms with Crippen LogP contribution in [-0.4, -0.2) is 17.3 Å². The molecule has 1 saturated carbocycles. The van der Waals surface area contributed by atoms with Crippen LogP contribution >= 0.6 is 0 Å². The van der Waals surface area contributed by atoms with E-state index in [2.05, 4.69) is 0 Å². The van der Waals surface area contributed by atoms with Gasteiger partial charge in [0, 0.05) is 24.5 Å². The number of benzene rings is 1. The first-order chi connectivity index (χ1) is 9.08. The summed E-state index contributed by atoms with van der Waals surface area (Å²) in [6, 6.07) is 4.54. The molecular formula is C14H17NO4. The average molecular weight is 263 g/mol. The van der Waals surface area contributed by atoms with Crippen molar-refractivity contribution in [2.45, 2.75) is 32.6 Å². The molecule has 102 valence electrons. The van der Waals surface area contributed by atoms with Crippen molar-refractivity contribution in [1.82, 2.24) is 0 Å². The van der Waals surface area contributed by atoms with Gasteiger partial charge in [-0.05, 0) is 37.8 Å². The van der Waals surface area contributed by atoms with Crippen molar-refractivity contribution in [2.24, 2.45) is 5.92 Å². The largest absolute Gasteiger partial charge is 0.493 e. The number of carbonyl (C=O) groups is 1. The summed E-state index contributed by atoms with van der Waals surface area (Å²) in [6.07, 6.45) is 3.37. The van der Waals surface area contributed by atoms with Gasteiger partial charge in [0.15, 0.2) is 0 Å². The van der Waals surface area contributed by atoms with Crippen molar-refractivity contribution in [1.29, 1.82) is 0 Å². The van der Waals surface area contributed by atoms with Crippen LogP contribution in [0.1, 0.15) is 31.2 Å². The molecule has 1 atom stereocenters. The van der Waals surface area contributed by atoms with E-state index >= 15 is 0 Å². The molecule has 0 radical (unpaired) electrons. The minimum atomic E-state index is -0.423. The Morgan fingerprint density at radius 1 is 1.47 bits per heavy atom. The number of nitrogens with zero attached hydrogens (tertiary/aromatic N) is 1. The monoisotopic (exact) mass is 263 g/mol. The second kappa shape index (κ2) is 5.82. The smallest absolute Gasteiger partial charge is 0.269 e. The summed E-state index contributed by atoms with van der Waals surface area (Å²) in [5, 5.41) is 10.6. The molecule has 0 heterocycles. The van der Waals surface area contributed by atoms with E-state index in [0.29, 0.717) is 24.6 Å². The molecule has 1 aromatic rings. The highest BCUT2D eigenvalue weighted by Gasteiger charge is 2.23. The molecule has 1 aliphatic rings. The van der Waals surface area contributed by atoms with E-state index in [1.807, 2.05) is 0 Å². The highest BCUT2D eigenvalue weighted by atomic mass is 16.6. The van der Waals surface area contributed by atoms with Crippen molar-refractivity contribution >= 4 is 11.5 Å². The highest BCUT2D eigenvalue weighted by molar-refractivity contribution is 5.82. The van der Waals surface area contributed by atoms with Crippen LogP contribution in [0.3, 0.4) is 0 Å². The number of nitro groups is 1. The summed E-state index contributed by atoms with van der Waals surface area (Å²) >= 11 is 0. The van der Waals surface area contributed by atoms with Gasteiger partial charge in [-0.25, -0.2) is 0 Å². The summed E-state index contributed by atoms with van der Waals surface area (Å²) < 4.78 is 5.61. The third-order valence-corrected chi connectivity index (χ3v) is 3.52. The molecule has 19 heavy (non-hydrogen) atoms. The number of ether oxygens (including phenoxy) is 1. The number of aryl methyl sites for hydroxylation is 1. The Balaban J connectivity index is 1.89. The average Bonchev–Trinajstić information content (AvgIpc) is 2.77. The molecule has 2 rings (SSSR count). The van der Waals surface area contributed by atoms with Gasteiger partial charge in [-0.15, -0.1) is 0 Å². The van der Waals surface area contributed by atoms with Gasteiger partial charge < -0.3 is 4.74 Å². The number of ketones is 1. The lowest BCUT2D eigenvalue weighted by Crippen LogP contribution is -2.11. The maximum Gasteiger partial charge on any atom is 0.269 e. The van der Waals surface area contributed by atoms with Crippen LogP contribution in [0, 0.1) is 23.0 Å². The number of rotatable bonds is 5. The van der Waals surface area contributed by atoms with E-state index < -0.39 is 4.92 Å². The zero-order valence-electron chi connectivity index (χ0n) is 10.9. The molecule has 0 aliphatic heterocycles. The second-order valence-corrected chi connectivity index (χ2v) is 4.90. The van der Waals surface area contributed by atoms with Gasteiger partial charge in [0.1, 0.15) is 11.5 Å². The molecule has 0 aromatic heterocycles. The normalized spacial score (nSPS) is 18.6.